The summed E-state index contributed by atoms with van der Waals surface area (Å²) in [5.74, 6) is -0.609. The van der Waals surface area contributed by atoms with E-state index in [1.54, 1.807) is 14.0 Å². The van der Waals surface area contributed by atoms with Crippen LogP contribution in [0.4, 0.5) is 0 Å². The van der Waals surface area contributed by atoms with Gasteiger partial charge in [0, 0.05) is 0 Å². The van der Waals surface area contributed by atoms with Gasteiger partial charge in [-0.2, -0.15) is 0 Å². The topological polar surface area (TPSA) is 46.5 Å². The summed E-state index contributed by atoms with van der Waals surface area (Å²) < 4.78 is 5.29. The molecule has 116 valence electrons. The third-order valence-electron chi connectivity index (χ3n) is 4.14. The van der Waals surface area contributed by atoms with Gasteiger partial charge in [-0.15, -0.1) is 0 Å². The zero-order chi connectivity index (χ0) is 16.4. The van der Waals surface area contributed by atoms with Gasteiger partial charge in [0.15, 0.2) is 0 Å². The van der Waals surface area contributed by atoms with Gasteiger partial charge in [-0.1, -0.05) is 36.4 Å². The van der Waals surface area contributed by atoms with Gasteiger partial charge in [-0.25, -0.2) is 0 Å². The van der Waals surface area contributed by atoms with Crippen molar-refractivity contribution in [3.05, 3.63) is 66.2 Å². The fourth-order valence-corrected chi connectivity index (χ4v) is 2.78. The molecule has 0 radical (unpaired) electrons. The molecule has 3 nitrogen and oxygen atoms in total. The predicted octanol–water partition coefficient (Wildman–Crippen LogP) is 4.70. The van der Waals surface area contributed by atoms with Crippen LogP contribution in [0.25, 0.3) is 21.9 Å². The zero-order valence-corrected chi connectivity index (χ0v) is 13.1. The van der Waals surface area contributed by atoms with E-state index in [9.17, 15) is 9.90 Å². The zero-order valence-electron chi connectivity index (χ0n) is 13.1. The fraction of sp³-hybridized carbons (Fsp3) is 0.150. The largest absolute Gasteiger partial charge is 0.497 e. The van der Waals surface area contributed by atoms with Gasteiger partial charge >= 0.3 is 5.97 Å². The number of benzene rings is 3. The van der Waals surface area contributed by atoms with Crippen molar-refractivity contribution in [1.82, 2.24) is 0 Å². The lowest BCUT2D eigenvalue weighted by Crippen LogP contribution is -2.08. The Morgan fingerprint density at radius 2 is 1.74 bits per heavy atom. The quantitative estimate of drug-likeness (QED) is 0.759. The Morgan fingerprint density at radius 3 is 2.39 bits per heavy atom. The van der Waals surface area contributed by atoms with Crippen molar-refractivity contribution in [3.63, 3.8) is 0 Å². The Balaban J connectivity index is 2.28. The Bertz CT molecular complexity index is 853. The molecule has 1 unspecified atom stereocenters. The second-order valence-corrected chi connectivity index (χ2v) is 5.58. The maximum atomic E-state index is 11.5. The first-order valence-electron chi connectivity index (χ1n) is 7.50. The number of aliphatic carboxylic acids is 1. The van der Waals surface area contributed by atoms with Crippen LogP contribution >= 0.6 is 0 Å². The smallest absolute Gasteiger partial charge is 0.310 e. The summed E-state index contributed by atoms with van der Waals surface area (Å²) in [6, 6.07) is 19.7. The molecule has 0 aliphatic rings. The summed E-state index contributed by atoms with van der Waals surface area (Å²) >= 11 is 0. The van der Waals surface area contributed by atoms with Crippen LogP contribution in [0.1, 0.15) is 18.4 Å². The van der Waals surface area contributed by atoms with Crippen LogP contribution in [0.15, 0.2) is 60.7 Å². The van der Waals surface area contributed by atoms with Crippen molar-refractivity contribution >= 4 is 16.7 Å². The summed E-state index contributed by atoms with van der Waals surface area (Å²) in [5.41, 5.74) is 2.78. The molecule has 0 spiro atoms. The number of carboxylic acids is 1. The Hall–Kier alpha value is -2.81. The van der Waals surface area contributed by atoms with Crippen molar-refractivity contribution in [2.45, 2.75) is 12.8 Å². The van der Waals surface area contributed by atoms with Crippen LogP contribution in [-0.4, -0.2) is 18.2 Å². The number of methoxy groups -OCH3 is 1. The number of fused-ring (bicyclic) bond motifs is 1. The Kier molecular flexibility index (Phi) is 4.02. The van der Waals surface area contributed by atoms with Crippen LogP contribution in [0.5, 0.6) is 5.75 Å². The molecule has 3 heteroatoms. The first-order valence-corrected chi connectivity index (χ1v) is 7.50. The molecule has 0 saturated heterocycles. The summed E-state index contributed by atoms with van der Waals surface area (Å²) in [7, 11) is 1.64. The molecule has 0 fully saturated rings. The van der Waals surface area contributed by atoms with E-state index in [4.69, 9.17) is 4.74 Å². The van der Waals surface area contributed by atoms with E-state index in [1.807, 2.05) is 60.7 Å². The van der Waals surface area contributed by atoms with E-state index < -0.39 is 11.9 Å². The highest BCUT2D eigenvalue weighted by atomic mass is 16.5. The van der Waals surface area contributed by atoms with Gasteiger partial charge in [0.1, 0.15) is 5.75 Å². The average molecular weight is 306 g/mol. The summed E-state index contributed by atoms with van der Waals surface area (Å²) in [6.45, 7) is 1.72. The highest BCUT2D eigenvalue weighted by Crippen LogP contribution is 2.34. The SMILES string of the molecule is COc1ccc2cc(C(C)C(=O)O)c(-c3ccccc3)cc2c1. The maximum absolute atomic E-state index is 11.5. The molecule has 1 atom stereocenters. The van der Waals surface area contributed by atoms with Crippen molar-refractivity contribution in [3.8, 4) is 16.9 Å². The van der Waals surface area contributed by atoms with Gasteiger partial charge < -0.3 is 9.84 Å². The van der Waals surface area contributed by atoms with E-state index in [-0.39, 0.29) is 0 Å². The minimum Gasteiger partial charge on any atom is -0.497 e. The minimum absolute atomic E-state index is 0.572. The minimum atomic E-state index is -0.824. The van der Waals surface area contributed by atoms with Crippen molar-refractivity contribution < 1.29 is 14.6 Å². The molecule has 3 aromatic carbocycles. The van der Waals surface area contributed by atoms with E-state index >= 15 is 0 Å². The van der Waals surface area contributed by atoms with Crippen LogP contribution in [-0.2, 0) is 4.79 Å². The second-order valence-electron chi connectivity index (χ2n) is 5.58. The molecule has 0 aliphatic heterocycles. The lowest BCUT2D eigenvalue weighted by molar-refractivity contribution is -0.138. The molecule has 3 aromatic rings. The number of hydrogen-bond acceptors (Lipinski definition) is 2. The van der Waals surface area contributed by atoms with E-state index in [0.717, 1.165) is 33.2 Å². The number of rotatable bonds is 4. The molecule has 23 heavy (non-hydrogen) atoms. The molecule has 1 N–H and O–H groups in total. The predicted molar refractivity (Wildman–Crippen MR) is 92.0 cm³/mol. The van der Waals surface area contributed by atoms with Gasteiger partial charge in [-0.3, -0.25) is 4.79 Å². The number of carboxylic acid groups (broad SMARTS) is 1. The molecular weight excluding hydrogens is 288 g/mol. The van der Waals surface area contributed by atoms with E-state index in [1.165, 1.54) is 0 Å². The normalized spacial score (nSPS) is 12.1. The lowest BCUT2D eigenvalue weighted by Gasteiger charge is -2.16. The van der Waals surface area contributed by atoms with Crippen molar-refractivity contribution in [1.29, 1.82) is 0 Å². The first kappa shape index (κ1) is 15.1. The number of hydrogen-bond donors (Lipinski definition) is 1. The summed E-state index contributed by atoms with van der Waals surface area (Å²) in [4.78, 5) is 11.5. The van der Waals surface area contributed by atoms with Crippen LogP contribution in [0, 0.1) is 0 Å². The van der Waals surface area contributed by atoms with Crippen LogP contribution in [0.3, 0.4) is 0 Å². The third-order valence-corrected chi connectivity index (χ3v) is 4.14. The monoisotopic (exact) mass is 306 g/mol. The molecule has 0 bridgehead atoms. The number of carbonyl (C=O) groups is 1. The number of ether oxygens (including phenoxy) is 1. The molecular formula is C20H18O3. The second kappa shape index (κ2) is 6.13. The molecule has 3 rings (SSSR count). The maximum Gasteiger partial charge on any atom is 0.310 e. The standard InChI is InChI=1S/C20H18O3/c1-13(20(21)22)18-11-15-8-9-17(23-2)10-16(15)12-19(18)14-6-4-3-5-7-14/h3-13H,1-2H3,(H,21,22). The summed E-state index contributed by atoms with van der Waals surface area (Å²) in [5, 5.41) is 11.5. The molecule has 0 amide bonds. The van der Waals surface area contributed by atoms with Crippen molar-refractivity contribution in [2.24, 2.45) is 0 Å². The molecule has 0 heterocycles. The van der Waals surface area contributed by atoms with Gasteiger partial charge in [0.25, 0.3) is 0 Å². The average Bonchev–Trinajstić information content (AvgIpc) is 2.60. The van der Waals surface area contributed by atoms with Crippen LogP contribution < -0.4 is 4.74 Å². The van der Waals surface area contributed by atoms with Crippen molar-refractivity contribution in [2.75, 3.05) is 7.11 Å². The lowest BCUT2D eigenvalue weighted by atomic mass is 9.89. The first-order chi connectivity index (χ1) is 11.1. The highest BCUT2D eigenvalue weighted by Gasteiger charge is 2.19. The molecule has 0 saturated carbocycles. The van der Waals surface area contributed by atoms with Gasteiger partial charge in [-0.05, 0) is 58.7 Å². The Morgan fingerprint density at radius 1 is 1.00 bits per heavy atom. The highest BCUT2D eigenvalue weighted by molar-refractivity contribution is 5.92. The molecule has 0 aromatic heterocycles. The molecule has 0 aliphatic carbocycles. The van der Waals surface area contributed by atoms with Crippen LogP contribution in [0.2, 0.25) is 0 Å². The summed E-state index contributed by atoms with van der Waals surface area (Å²) in [6.07, 6.45) is 0. The third kappa shape index (κ3) is 2.90. The van der Waals surface area contributed by atoms with Gasteiger partial charge in [0.2, 0.25) is 0 Å². The van der Waals surface area contributed by atoms with E-state index in [2.05, 4.69) is 0 Å². The van der Waals surface area contributed by atoms with Gasteiger partial charge in [0.05, 0.1) is 13.0 Å². The Labute approximate surface area is 135 Å². The van der Waals surface area contributed by atoms with E-state index in [0.29, 0.717) is 0 Å². The fourth-order valence-electron chi connectivity index (χ4n) is 2.78.